The second-order valence-electron chi connectivity index (χ2n) is 3.86. The first-order chi connectivity index (χ1) is 6.88. The van der Waals surface area contributed by atoms with E-state index in [4.69, 9.17) is 11.6 Å². The summed E-state index contributed by atoms with van der Waals surface area (Å²) in [4.78, 5) is 15.3. The van der Waals surface area contributed by atoms with Gasteiger partial charge in [0.1, 0.15) is 5.69 Å². The summed E-state index contributed by atoms with van der Waals surface area (Å²) >= 11 is 5.63. The average molecular weight is 229 g/mol. The fourth-order valence-electron chi connectivity index (χ4n) is 0.897. The van der Waals surface area contributed by atoms with Crippen LogP contribution in [-0.2, 0) is 0 Å². The molecule has 82 valence electrons. The van der Waals surface area contributed by atoms with E-state index in [1.807, 2.05) is 0 Å². The molecule has 4 nitrogen and oxygen atoms in total. The zero-order valence-electron chi connectivity index (χ0n) is 8.62. The number of aromatic nitrogens is 1. The lowest BCUT2D eigenvalue weighted by Crippen LogP contribution is -2.38. The molecule has 0 saturated carbocycles. The van der Waals surface area contributed by atoms with Gasteiger partial charge in [-0.25, -0.2) is 4.98 Å². The molecule has 0 aromatic carbocycles. The first-order valence-corrected chi connectivity index (χ1v) is 4.88. The molecule has 0 atom stereocenters. The van der Waals surface area contributed by atoms with Crippen LogP contribution in [0.3, 0.4) is 0 Å². The Morgan fingerprint density at radius 2 is 2.27 bits per heavy atom. The Morgan fingerprint density at radius 3 is 2.73 bits per heavy atom. The van der Waals surface area contributed by atoms with Crippen LogP contribution in [0.2, 0.25) is 5.02 Å². The van der Waals surface area contributed by atoms with Crippen LogP contribution in [0.5, 0.6) is 0 Å². The zero-order chi connectivity index (χ0) is 11.5. The summed E-state index contributed by atoms with van der Waals surface area (Å²) in [5, 5.41) is 12.4. The predicted molar refractivity (Wildman–Crippen MR) is 57.9 cm³/mol. The third-order valence-corrected chi connectivity index (χ3v) is 1.87. The molecule has 1 heterocycles. The van der Waals surface area contributed by atoms with Crippen molar-refractivity contribution in [1.82, 2.24) is 10.3 Å². The quantitative estimate of drug-likeness (QED) is 0.818. The number of pyridine rings is 1. The number of hydrogen-bond acceptors (Lipinski definition) is 3. The summed E-state index contributed by atoms with van der Waals surface area (Å²) in [7, 11) is 0. The van der Waals surface area contributed by atoms with Gasteiger partial charge in [0.15, 0.2) is 0 Å². The highest BCUT2D eigenvalue weighted by atomic mass is 35.5. The van der Waals surface area contributed by atoms with Gasteiger partial charge in [-0.2, -0.15) is 0 Å². The molecule has 1 rings (SSSR count). The molecule has 2 N–H and O–H groups in total. The minimum absolute atomic E-state index is 0.177. The molecule has 0 fully saturated rings. The second kappa shape index (κ2) is 4.59. The topological polar surface area (TPSA) is 62.2 Å². The second-order valence-corrected chi connectivity index (χ2v) is 4.29. The lowest BCUT2D eigenvalue weighted by Gasteiger charge is -2.17. The van der Waals surface area contributed by atoms with Crippen LogP contribution < -0.4 is 5.32 Å². The number of nitrogens with zero attached hydrogens (tertiary/aromatic N) is 1. The number of hydrogen-bond donors (Lipinski definition) is 2. The van der Waals surface area contributed by atoms with Crippen LogP contribution in [-0.4, -0.2) is 28.1 Å². The zero-order valence-corrected chi connectivity index (χ0v) is 9.38. The summed E-state index contributed by atoms with van der Waals surface area (Å²) < 4.78 is 0. The van der Waals surface area contributed by atoms with Gasteiger partial charge in [-0.15, -0.1) is 0 Å². The molecule has 15 heavy (non-hydrogen) atoms. The molecular formula is C10H13ClN2O2. The number of carbonyl (C=O) groups is 1. The largest absolute Gasteiger partial charge is 0.389 e. The van der Waals surface area contributed by atoms with E-state index >= 15 is 0 Å². The highest BCUT2D eigenvalue weighted by Gasteiger charge is 2.15. The van der Waals surface area contributed by atoms with Gasteiger partial charge in [-0.3, -0.25) is 4.79 Å². The number of carbonyl (C=O) groups excluding carboxylic acids is 1. The van der Waals surface area contributed by atoms with Crippen molar-refractivity contribution in [3.8, 4) is 0 Å². The first kappa shape index (κ1) is 11.9. The van der Waals surface area contributed by atoms with Crippen LogP contribution in [0.1, 0.15) is 24.3 Å². The summed E-state index contributed by atoms with van der Waals surface area (Å²) in [6, 6.07) is 3.12. The van der Waals surface area contributed by atoms with Gasteiger partial charge in [0.05, 0.1) is 10.6 Å². The van der Waals surface area contributed by atoms with Gasteiger partial charge >= 0.3 is 0 Å². The van der Waals surface area contributed by atoms with Crippen molar-refractivity contribution in [1.29, 1.82) is 0 Å². The Labute approximate surface area is 93.3 Å². The maximum absolute atomic E-state index is 11.5. The van der Waals surface area contributed by atoms with Crippen molar-refractivity contribution >= 4 is 17.5 Å². The van der Waals surface area contributed by atoms with Crippen LogP contribution in [0, 0.1) is 0 Å². The van der Waals surface area contributed by atoms with Crippen LogP contribution >= 0.6 is 11.6 Å². The van der Waals surface area contributed by atoms with Gasteiger partial charge in [-0.05, 0) is 26.0 Å². The summed E-state index contributed by atoms with van der Waals surface area (Å²) in [5.41, 5.74) is -0.647. The molecule has 0 aliphatic rings. The number of aliphatic hydroxyl groups is 1. The molecule has 1 aromatic rings. The first-order valence-electron chi connectivity index (χ1n) is 4.50. The van der Waals surface area contributed by atoms with E-state index in [2.05, 4.69) is 10.3 Å². The number of halogens is 1. The molecule has 0 unspecified atom stereocenters. The van der Waals surface area contributed by atoms with E-state index in [0.29, 0.717) is 5.02 Å². The fourth-order valence-corrected chi connectivity index (χ4v) is 1.01. The van der Waals surface area contributed by atoms with Crippen molar-refractivity contribution in [3.63, 3.8) is 0 Å². The minimum atomic E-state index is -0.928. The lowest BCUT2D eigenvalue weighted by molar-refractivity contribution is 0.0692. The summed E-state index contributed by atoms with van der Waals surface area (Å²) in [5.74, 6) is -0.325. The van der Waals surface area contributed by atoms with Crippen LogP contribution in [0.4, 0.5) is 0 Å². The molecule has 0 aliphatic heterocycles. The third kappa shape index (κ3) is 4.27. The molecular weight excluding hydrogens is 216 g/mol. The predicted octanol–water partition coefficient (Wildman–Crippen LogP) is 1.24. The molecule has 0 bridgehead atoms. The summed E-state index contributed by atoms with van der Waals surface area (Å²) in [6.07, 6.45) is 1.40. The summed E-state index contributed by atoms with van der Waals surface area (Å²) in [6.45, 7) is 3.40. The average Bonchev–Trinajstić information content (AvgIpc) is 2.14. The van der Waals surface area contributed by atoms with E-state index in [9.17, 15) is 9.90 Å². The molecule has 1 amide bonds. The van der Waals surface area contributed by atoms with Crippen molar-refractivity contribution < 1.29 is 9.90 Å². The van der Waals surface area contributed by atoms with Crippen LogP contribution in [0.25, 0.3) is 0 Å². The Hall–Kier alpha value is -1.13. The standard InChI is InChI=1S/C10H13ClN2O2/c1-10(2,15)6-13-9(14)8-4-3-7(11)5-12-8/h3-5,15H,6H2,1-2H3,(H,13,14). The van der Waals surface area contributed by atoms with Crippen molar-refractivity contribution in [2.45, 2.75) is 19.4 Å². The molecule has 0 saturated heterocycles. The lowest BCUT2D eigenvalue weighted by atomic mass is 10.1. The molecule has 1 aromatic heterocycles. The van der Waals surface area contributed by atoms with E-state index in [-0.39, 0.29) is 18.1 Å². The van der Waals surface area contributed by atoms with Crippen molar-refractivity contribution in [2.24, 2.45) is 0 Å². The van der Waals surface area contributed by atoms with E-state index in [1.54, 1.807) is 19.9 Å². The van der Waals surface area contributed by atoms with Gasteiger partial charge in [0.25, 0.3) is 5.91 Å². The van der Waals surface area contributed by atoms with E-state index < -0.39 is 5.60 Å². The monoisotopic (exact) mass is 228 g/mol. The smallest absolute Gasteiger partial charge is 0.269 e. The van der Waals surface area contributed by atoms with Gasteiger partial charge in [0, 0.05) is 12.7 Å². The normalized spacial score (nSPS) is 11.2. The van der Waals surface area contributed by atoms with Crippen molar-refractivity contribution in [3.05, 3.63) is 29.0 Å². The fraction of sp³-hybridized carbons (Fsp3) is 0.400. The SMILES string of the molecule is CC(C)(O)CNC(=O)c1ccc(Cl)cn1. The van der Waals surface area contributed by atoms with Crippen molar-refractivity contribution in [2.75, 3.05) is 6.54 Å². The van der Waals surface area contributed by atoms with E-state index in [0.717, 1.165) is 0 Å². The Morgan fingerprint density at radius 1 is 1.60 bits per heavy atom. The maximum Gasteiger partial charge on any atom is 0.269 e. The number of amides is 1. The third-order valence-electron chi connectivity index (χ3n) is 1.64. The molecule has 0 radical (unpaired) electrons. The van der Waals surface area contributed by atoms with Gasteiger partial charge < -0.3 is 10.4 Å². The Kier molecular flexibility index (Phi) is 3.66. The van der Waals surface area contributed by atoms with E-state index in [1.165, 1.54) is 12.3 Å². The Balaban J connectivity index is 2.58. The highest BCUT2D eigenvalue weighted by Crippen LogP contribution is 2.06. The van der Waals surface area contributed by atoms with Crippen LogP contribution in [0.15, 0.2) is 18.3 Å². The Bertz CT molecular complexity index is 343. The molecule has 0 aliphatic carbocycles. The minimum Gasteiger partial charge on any atom is -0.389 e. The highest BCUT2D eigenvalue weighted by molar-refractivity contribution is 6.30. The molecule has 5 heteroatoms. The molecule has 0 spiro atoms. The maximum atomic E-state index is 11.5. The van der Waals surface area contributed by atoms with Gasteiger partial charge in [-0.1, -0.05) is 11.6 Å². The van der Waals surface area contributed by atoms with Gasteiger partial charge in [0.2, 0.25) is 0 Å². The number of rotatable bonds is 3. The number of nitrogens with one attached hydrogen (secondary N) is 1.